The van der Waals surface area contributed by atoms with Crippen LogP contribution in [0.4, 0.5) is 5.13 Å². The third-order valence-corrected chi connectivity index (χ3v) is 3.74. The molecule has 1 N–H and O–H groups in total. The summed E-state index contributed by atoms with van der Waals surface area (Å²) in [6.07, 6.45) is 1.74. The van der Waals surface area contributed by atoms with Gasteiger partial charge >= 0.3 is 0 Å². The fourth-order valence-corrected chi connectivity index (χ4v) is 2.66. The molecule has 1 aromatic carbocycles. The molecular formula is C14H13N3OS. The van der Waals surface area contributed by atoms with Gasteiger partial charge in [-0.3, -0.25) is 0 Å². The van der Waals surface area contributed by atoms with Crippen LogP contribution in [0.3, 0.4) is 0 Å². The molecule has 2 heterocycles. The van der Waals surface area contributed by atoms with Gasteiger partial charge in [-0.25, -0.2) is 9.97 Å². The molecule has 0 bridgehead atoms. The Kier molecular flexibility index (Phi) is 3.29. The molecule has 4 nitrogen and oxygen atoms in total. The van der Waals surface area contributed by atoms with Crippen molar-refractivity contribution in [3.05, 3.63) is 48.2 Å². The maximum absolute atomic E-state index is 5.10. The minimum absolute atomic E-state index is 0.628. The van der Waals surface area contributed by atoms with Crippen LogP contribution in [-0.4, -0.2) is 17.1 Å². The number of ether oxygens (including phenoxy) is 1. The van der Waals surface area contributed by atoms with Crippen molar-refractivity contribution < 1.29 is 4.74 Å². The third-order valence-electron chi connectivity index (χ3n) is 2.75. The number of hydrogen-bond acceptors (Lipinski definition) is 5. The van der Waals surface area contributed by atoms with Gasteiger partial charge in [0.05, 0.1) is 17.3 Å². The fraction of sp³-hybridized carbons (Fsp3) is 0.143. The SMILES string of the molecule is COc1cc(CNc2nc3ccccc3s2)ccn1. The van der Waals surface area contributed by atoms with Gasteiger partial charge in [-0.15, -0.1) is 0 Å². The molecule has 3 aromatic rings. The highest BCUT2D eigenvalue weighted by Crippen LogP contribution is 2.25. The number of methoxy groups -OCH3 is 1. The number of para-hydroxylation sites is 1. The molecule has 0 aliphatic carbocycles. The summed E-state index contributed by atoms with van der Waals surface area (Å²) in [6, 6.07) is 12.0. The van der Waals surface area contributed by atoms with Crippen molar-refractivity contribution in [2.24, 2.45) is 0 Å². The molecule has 5 heteroatoms. The summed E-state index contributed by atoms with van der Waals surface area (Å²) in [5.41, 5.74) is 2.15. The van der Waals surface area contributed by atoms with Crippen LogP contribution in [0.25, 0.3) is 10.2 Å². The summed E-state index contributed by atoms with van der Waals surface area (Å²) in [5, 5.41) is 4.25. The second kappa shape index (κ2) is 5.24. The van der Waals surface area contributed by atoms with E-state index in [9.17, 15) is 0 Å². The average Bonchev–Trinajstić information content (AvgIpc) is 2.88. The quantitative estimate of drug-likeness (QED) is 0.790. The Morgan fingerprint density at radius 1 is 1.26 bits per heavy atom. The predicted molar refractivity (Wildman–Crippen MR) is 77.7 cm³/mol. The Morgan fingerprint density at radius 2 is 2.16 bits per heavy atom. The van der Waals surface area contributed by atoms with Crippen LogP contribution in [0.1, 0.15) is 5.56 Å². The highest BCUT2D eigenvalue weighted by Gasteiger charge is 2.03. The van der Waals surface area contributed by atoms with Crippen LogP contribution in [0, 0.1) is 0 Å². The zero-order valence-corrected chi connectivity index (χ0v) is 11.3. The predicted octanol–water partition coefficient (Wildman–Crippen LogP) is 3.31. The topological polar surface area (TPSA) is 47.0 Å². The monoisotopic (exact) mass is 271 g/mol. The van der Waals surface area contributed by atoms with E-state index in [4.69, 9.17) is 4.74 Å². The van der Waals surface area contributed by atoms with Gasteiger partial charge in [-0.1, -0.05) is 23.5 Å². The van der Waals surface area contributed by atoms with Crippen molar-refractivity contribution in [1.29, 1.82) is 0 Å². The first kappa shape index (κ1) is 11.9. The molecule has 0 saturated carbocycles. The number of fused-ring (bicyclic) bond motifs is 1. The van der Waals surface area contributed by atoms with E-state index in [1.54, 1.807) is 24.6 Å². The summed E-state index contributed by atoms with van der Waals surface area (Å²) in [6.45, 7) is 0.707. The van der Waals surface area contributed by atoms with E-state index in [1.165, 1.54) is 4.70 Å². The average molecular weight is 271 g/mol. The summed E-state index contributed by atoms with van der Waals surface area (Å²) < 4.78 is 6.29. The van der Waals surface area contributed by atoms with Crippen LogP contribution < -0.4 is 10.1 Å². The second-order valence-corrected chi connectivity index (χ2v) is 5.08. The lowest BCUT2D eigenvalue weighted by Crippen LogP contribution is -1.99. The van der Waals surface area contributed by atoms with Gasteiger partial charge in [0.1, 0.15) is 0 Å². The maximum atomic E-state index is 5.10. The van der Waals surface area contributed by atoms with Crippen LogP contribution in [0.5, 0.6) is 5.88 Å². The molecule has 96 valence electrons. The van der Waals surface area contributed by atoms with Crippen molar-refractivity contribution in [2.75, 3.05) is 12.4 Å². The lowest BCUT2D eigenvalue weighted by Gasteiger charge is -2.04. The Labute approximate surface area is 115 Å². The molecular weight excluding hydrogens is 258 g/mol. The highest BCUT2D eigenvalue weighted by molar-refractivity contribution is 7.22. The van der Waals surface area contributed by atoms with Crippen molar-refractivity contribution in [1.82, 2.24) is 9.97 Å². The van der Waals surface area contributed by atoms with E-state index in [0.29, 0.717) is 12.4 Å². The largest absolute Gasteiger partial charge is 0.481 e. The van der Waals surface area contributed by atoms with Crippen LogP contribution in [-0.2, 0) is 6.54 Å². The molecule has 0 radical (unpaired) electrons. The molecule has 0 spiro atoms. The van der Waals surface area contributed by atoms with Crippen molar-refractivity contribution in [3.8, 4) is 5.88 Å². The van der Waals surface area contributed by atoms with Gasteiger partial charge in [-0.2, -0.15) is 0 Å². The number of nitrogens with one attached hydrogen (secondary N) is 1. The first-order chi connectivity index (χ1) is 9.35. The van der Waals surface area contributed by atoms with Gasteiger partial charge in [-0.05, 0) is 23.8 Å². The maximum Gasteiger partial charge on any atom is 0.213 e. The van der Waals surface area contributed by atoms with Gasteiger partial charge in [0.2, 0.25) is 5.88 Å². The lowest BCUT2D eigenvalue weighted by atomic mass is 10.3. The number of pyridine rings is 1. The first-order valence-electron chi connectivity index (χ1n) is 5.93. The molecule has 0 amide bonds. The fourth-order valence-electron chi connectivity index (χ4n) is 1.80. The molecule has 2 aromatic heterocycles. The van der Waals surface area contributed by atoms with Gasteiger partial charge < -0.3 is 10.1 Å². The molecule has 0 aliphatic heterocycles. The molecule has 19 heavy (non-hydrogen) atoms. The lowest BCUT2D eigenvalue weighted by molar-refractivity contribution is 0.397. The number of benzene rings is 1. The normalized spacial score (nSPS) is 10.6. The van der Waals surface area contributed by atoms with Gasteiger partial charge in [0.25, 0.3) is 0 Å². The minimum Gasteiger partial charge on any atom is -0.481 e. The Balaban J connectivity index is 1.74. The zero-order chi connectivity index (χ0) is 13.1. The zero-order valence-electron chi connectivity index (χ0n) is 10.5. The van der Waals surface area contributed by atoms with Gasteiger partial charge in [0.15, 0.2) is 5.13 Å². The van der Waals surface area contributed by atoms with E-state index in [1.807, 2.05) is 30.3 Å². The van der Waals surface area contributed by atoms with E-state index >= 15 is 0 Å². The number of nitrogens with zero attached hydrogens (tertiary/aromatic N) is 2. The minimum atomic E-state index is 0.628. The highest BCUT2D eigenvalue weighted by atomic mass is 32.1. The molecule has 0 fully saturated rings. The molecule has 3 rings (SSSR count). The van der Waals surface area contributed by atoms with Crippen molar-refractivity contribution >= 4 is 26.7 Å². The summed E-state index contributed by atoms with van der Waals surface area (Å²) in [7, 11) is 1.62. The summed E-state index contributed by atoms with van der Waals surface area (Å²) in [5.74, 6) is 0.628. The van der Waals surface area contributed by atoms with Crippen LogP contribution >= 0.6 is 11.3 Å². The number of hydrogen-bond donors (Lipinski definition) is 1. The van der Waals surface area contributed by atoms with Crippen molar-refractivity contribution in [2.45, 2.75) is 6.54 Å². The smallest absolute Gasteiger partial charge is 0.213 e. The third kappa shape index (κ3) is 2.66. The van der Waals surface area contributed by atoms with E-state index in [0.717, 1.165) is 16.2 Å². The van der Waals surface area contributed by atoms with E-state index in [-0.39, 0.29) is 0 Å². The molecule has 0 aliphatic rings. The summed E-state index contributed by atoms with van der Waals surface area (Å²) >= 11 is 1.66. The molecule has 0 unspecified atom stereocenters. The molecule has 0 atom stereocenters. The van der Waals surface area contributed by atoms with Gasteiger partial charge in [0, 0.05) is 18.8 Å². The Bertz CT molecular complexity index is 663. The Hall–Kier alpha value is -2.14. The standard InChI is InChI=1S/C14H13N3OS/c1-18-13-8-10(6-7-15-13)9-16-14-17-11-4-2-3-5-12(11)19-14/h2-8H,9H2,1H3,(H,16,17). The number of aromatic nitrogens is 2. The number of anilines is 1. The van der Waals surface area contributed by atoms with E-state index in [2.05, 4.69) is 21.4 Å². The number of rotatable bonds is 4. The number of thiazole rings is 1. The van der Waals surface area contributed by atoms with Crippen LogP contribution in [0.2, 0.25) is 0 Å². The molecule has 0 saturated heterocycles. The van der Waals surface area contributed by atoms with Crippen molar-refractivity contribution in [3.63, 3.8) is 0 Å². The van der Waals surface area contributed by atoms with E-state index < -0.39 is 0 Å². The second-order valence-electron chi connectivity index (χ2n) is 4.05. The van der Waals surface area contributed by atoms with Crippen LogP contribution in [0.15, 0.2) is 42.6 Å². The Morgan fingerprint density at radius 3 is 3.00 bits per heavy atom. The summed E-state index contributed by atoms with van der Waals surface area (Å²) in [4.78, 5) is 8.62. The first-order valence-corrected chi connectivity index (χ1v) is 6.75.